The first kappa shape index (κ1) is 14.1. The molecule has 0 saturated carbocycles. The van der Waals surface area contributed by atoms with Crippen LogP contribution >= 0.6 is 11.6 Å². The van der Waals surface area contributed by atoms with Crippen LogP contribution in [0.1, 0.15) is 23.1 Å². The molecular formula is C17H18ClF. The molecular weight excluding hydrogens is 259 g/mol. The van der Waals surface area contributed by atoms with Crippen molar-refractivity contribution in [1.29, 1.82) is 0 Å². The van der Waals surface area contributed by atoms with Crippen molar-refractivity contribution >= 4 is 11.6 Å². The van der Waals surface area contributed by atoms with E-state index in [-0.39, 0.29) is 11.2 Å². The first-order valence-electron chi connectivity index (χ1n) is 6.57. The Morgan fingerprint density at radius 3 is 2.53 bits per heavy atom. The predicted molar refractivity (Wildman–Crippen MR) is 79.2 cm³/mol. The van der Waals surface area contributed by atoms with Gasteiger partial charge in [0.2, 0.25) is 0 Å². The minimum absolute atomic E-state index is 0.0438. The van der Waals surface area contributed by atoms with E-state index >= 15 is 0 Å². The molecule has 0 aliphatic carbocycles. The van der Waals surface area contributed by atoms with Gasteiger partial charge in [-0.15, -0.1) is 11.6 Å². The lowest BCUT2D eigenvalue weighted by Crippen LogP contribution is -2.05. The molecule has 0 amide bonds. The van der Waals surface area contributed by atoms with Gasteiger partial charge in [0.15, 0.2) is 0 Å². The van der Waals surface area contributed by atoms with Crippen molar-refractivity contribution in [2.75, 3.05) is 0 Å². The first-order chi connectivity index (χ1) is 9.13. The van der Waals surface area contributed by atoms with Crippen molar-refractivity contribution in [2.45, 2.75) is 31.6 Å². The topological polar surface area (TPSA) is 0 Å². The fourth-order valence-electron chi connectivity index (χ4n) is 2.21. The molecule has 19 heavy (non-hydrogen) atoms. The summed E-state index contributed by atoms with van der Waals surface area (Å²) in [7, 11) is 0. The Hall–Kier alpha value is -1.34. The molecule has 2 aromatic carbocycles. The summed E-state index contributed by atoms with van der Waals surface area (Å²) in [5, 5.41) is 0.0438. The van der Waals surface area contributed by atoms with Gasteiger partial charge < -0.3 is 0 Å². The van der Waals surface area contributed by atoms with Crippen molar-refractivity contribution in [2.24, 2.45) is 0 Å². The van der Waals surface area contributed by atoms with Crippen molar-refractivity contribution in [3.8, 4) is 0 Å². The standard InChI is InChI=1S/C17H18ClF/c1-13-4-2-5-14(10-13)8-9-16(18)11-15-6-3-7-17(19)12-15/h2-7,10,12,16H,8-9,11H2,1H3. The fourth-order valence-corrected chi connectivity index (χ4v) is 2.50. The molecule has 0 aliphatic heterocycles. The maximum atomic E-state index is 13.1. The Balaban J connectivity index is 1.86. The van der Waals surface area contributed by atoms with Crippen LogP contribution in [0, 0.1) is 12.7 Å². The van der Waals surface area contributed by atoms with Crippen LogP contribution in [0.25, 0.3) is 0 Å². The number of hydrogen-bond acceptors (Lipinski definition) is 0. The molecule has 0 fully saturated rings. The number of rotatable bonds is 5. The lowest BCUT2D eigenvalue weighted by molar-refractivity contribution is 0.624. The lowest BCUT2D eigenvalue weighted by Gasteiger charge is -2.10. The molecule has 100 valence electrons. The molecule has 0 aromatic heterocycles. The Labute approximate surface area is 119 Å². The maximum absolute atomic E-state index is 13.1. The number of alkyl halides is 1. The van der Waals surface area contributed by atoms with E-state index in [4.69, 9.17) is 11.6 Å². The Morgan fingerprint density at radius 1 is 1.05 bits per heavy atom. The van der Waals surface area contributed by atoms with Crippen molar-refractivity contribution in [3.05, 3.63) is 71.0 Å². The molecule has 0 saturated heterocycles. The highest BCUT2D eigenvalue weighted by Gasteiger charge is 2.07. The first-order valence-corrected chi connectivity index (χ1v) is 7.01. The van der Waals surface area contributed by atoms with Crippen LogP contribution in [0.15, 0.2) is 48.5 Å². The fraction of sp³-hybridized carbons (Fsp3) is 0.294. The van der Waals surface area contributed by atoms with Gasteiger partial charge in [0.05, 0.1) is 0 Å². The maximum Gasteiger partial charge on any atom is 0.123 e. The third-order valence-corrected chi connectivity index (χ3v) is 3.55. The van der Waals surface area contributed by atoms with Crippen LogP contribution in [0.3, 0.4) is 0 Å². The summed E-state index contributed by atoms with van der Waals surface area (Å²) in [6, 6.07) is 15.1. The van der Waals surface area contributed by atoms with E-state index in [0.29, 0.717) is 6.42 Å². The van der Waals surface area contributed by atoms with Crippen LogP contribution < -0.4 is 0 Å². The Kier molecular flexibility index (Phi) is 4.98. The molecule has 0 spiro atoms. The minimum Gasteiger partial charge on any atom is -0.207 e. The zero-order valence-electron chi connectivity index (χ0n) is 11.1. The van der Waals surface area contributed by atoms with Gasteiger partial charge in [0.1, 0.15) is 5.82 Å². The van der Waals surface area contributed by atoms with Gasteiger partial charge in [-0.1, -0.05) is 42.0 Å². The average Bonchev–Trinajstić information content (AvgIpc) is 2.36. The van der Waals surface area contributed by atoms with E-state index in [2.05, 4.69) is 31.2 Å². The minimum atomic E-state index is -0.194. The van der Waals surface area contributed by atoms with Crippen LogP contribution in [0.2, 0.25) is 0 Å². The second-order valence-electron chi connectivity index (χ2n) is 4.96. The Bertz CT molecular complexity index is 536. The molecule has 2 heteroatoms. The highest BCUT2D eigenvalue weighted by molar-refractivity contribution is 6.20. The number of benzene rings is 2. The highest BCUT2D eigenvalue weighted by atomic mass is 35.5. The van der Waals surface area contributed by atoms with Crippen LogP contribution in [-0.4, -0.2) is 5.38 Å². The molecule has 1 unspecified atom stereocenters. The number of halogens is 2. The summed E-state index contributed by atoms with van der Waals surface area (Å²) in [4.78, 5) is 0. The molecule has 0 heterocycles. The zero-order chi connectivity index (χ0) is 13.7. The van der Waals surface area contributed by atoms with Crippen LogP contribution in [0.4, 0.5) is 4.39 Å². The second kappa shape index (κ2) is 6.72. The largest absolute Gasteiger partial charge is 0.207 e. The number of hydrogen-bond donors (Lipinski definition) is 0. The SMILES string of the molecule is Cc1cccc(CCC(Cl)Cc2cccc(F)c2)c1. The predicted octanol–water partition coefficient (Wildman–Crippen LogP) is 4.92. The summed E-state index contributed by atoms with van der Waals surface area (Å²) in [5.41, 5.74) is 3.54. The normalized spacial score (nSPS) is 12.4. The smallest absolute Gasteiger partial charge is 0.123 e. The summed E-state index contributed by atoms with van der Waals surface area (Å²) in [6.45, 7) is 2.09. The van der Waals surface area contributed by atoms with Crippen molar-refractivity contribution in [1.82, 2.24) is 0 Å². The van der Waals surface area contributed by atoms with Crippen molar-refractivity contribution in [3.63, 3.8) is 0 Å². The van der Waals surface area contributed by atoms with E-state index in [1.165, 1.54) is 17.2 Å². The zero-order valence-corrected chi connectivity index (χ0v) is 11.8. The summed E-state index contributed by atoms with van der Waals surface area (Å²) in [5.74, 6) is -0.194. The van der Waals surface area contributed by atoms with E-state index in [0.717, 1.165) is 18.4 Å². The molecule has 1 atom stereocenters. The molecule has 0 radical (unpaired) electrons. The van der Waals surface area contributed by atoms with E-state index in [9.17, 15) is 4.39 Å². The van der Waals surface area contributed by atoms with E-state index in [1.807, 2.05) is 6.07 Å². The lowest BCUT2D eigenvalue weighted by atomic mass is 10.0. The van der Waals surface area contributed by atoms with Gasteiger partial charge in [0, 0.05) is 5.38 Å². The van der Waals surface area contributed by atoms with Gasteiger partial charge in [-0.2, -0.15) is 0 Å². The summed E-state index contributed by atoms with van der Waals surface area (Å²) >= 11 is 6.33. The monoisotopic (exact) mass is 276 g/mol. The summed E-state index contributed by atoms with van der Waals surface area (Å²) in [6.07, 6.45) is 2.58. The molecule has 2 rings (SSSR count). The van der Waals surface area contributed by atoms with Crippen molar-refractivity contribution < 1.29 is 4.39 Å². The van der Waals surface area contributed by atoms with Gasteiger partial charge in [-0.25, -0.2) is 4.39 Å². The quantitative estimate of drug-likeness (QED) is 0.680. The third-order valence-electron chi connectivity index (χ3n) is 3.17. The highest BCUT2D eigenvalue weighted by Crippen LogP contribution is 2.16. The van der Waals surface area contributed by atoms with Gasteiger partial charge in [0.25, 0.3) is 0 Å². The molecule has 0 bridgehead atoms. The molecule has 2 aromatic rings. The second-order valence-corrected chi connectivity index (χ2v) is 5.58. The van der Waals surface area contributed by atoms with Gasteiger partial charge in [-0.3, -0.25) is 0 Å². The summed E-state index contributed by atoms with van der Waals surface area (Å²) < 4.78 is 13.1. The van der Waals surface area contributed by atoms with E-state index < -0.39 is 0 Å². The molecule has 0 N–H and O–H groups in total. The molecule has 0 nitrogen and oxygen atoms in total. The molecule has 0 aliphatic rings. The third kappa shape index (κ3) is 4.68. The van der Waals surface area contributed by atoms with Crippen LogP contribution in [0.5, 0.6) is 0 Å². The van der Waals surface area contributed by atoms with Gasteiger partial charge in [-0.05, 0) is 49.4 Å². The van der Waals surface area contributed by atoms with E-state index in [1.54, 1.807) is 12.1 Å². The average molecular weight is 277 g/mol. The number of aryl methyl sites for hydroxylation is 2. The van der Waals surface area contributed by atoms with Gasteiger partial charge >= 0.3 is 0 Å². The Morgan fingerprint density at radius 2 is 1.79 bits per heavy atom. The van der Waals surface area contributed by atoms with Crippen LogP contribution in [-0.2, 0) is 12.8 Å².